The van der Waals surface area contributed by atoms with Crippen LogP contribution in [0.1, 0.15) is 5.56 Å². The van der Waals surface area contributed by atoms with Crippen molar-refractivity contribution in [2.24, 2.45) is 0 Å². The van der Waals surface area contributed by atoms with Crippen LogP contribution in [0.4, 0.5) is 6.01 Å². The number of para-hydroxylation sites is 2. The molecule has 0 amide bonds. The Kier molecular flexibility index (Phi) is 4.08. The average molecular weight is 373 g/mol. The Morgan fingerprint density at radius 3 is 2.54 bits per heavy atom. The topological polar surface area (TPSA) is 86.9 Å². The first kappa shape index (κ1) is 16.9. The van der Waals surface area contributed by atoms with Crippen LogP contribution >= 0.6 is 0 Å². The van der Waals surface area contributed by atoms with E-state index in [0.717, 1.165) is 11.1 Å². The number of rotatable bonds is 3. The van der Waals surface area contributed by atoms with Crippen LogP contribution in [0, 0.1) is 6.92 Å². The SMILES string of the molecule is Cc1ccc(O)c(S(=O)(=O)N2CCN(c3nc4ccccc4o3)CC2)c1. The Morgan fingerprint density at radius 2 is 1.81 bits per heavy atom. The fourth-order valence-electron chi connectivity index (χ4n) is 3.08. The summed E-state index contributed by atoms with van der Waals surface area (Å²) in [6.45, 7) is 3.34. The van der Waals surface area contributed by atoms with Crippen molar-refractivity contribution in [3.63, 3.8) is 0 Å². The highest BCUT2D eigenvalue weighted by Gasteiger charge is 2.31. The second-order valence-electron chi connectivity index (χ2n) is 6.33. The van der Waals surface area contributed by atoms with Gasteiger partial charge in [0.25, 0.3) is 6.01 Å². The van der Waals surface area contributed by atoms with Crippen molar-refractivity contribution >= 4 is 27.1 Å². The highest BCUT2D eigenvalue weighted by molar-refractivity contribution is 7.89. The summed E-state index contributed by atoms with van der Waals surface area (Å²) < 4.78 is 32.8. The van der Waals surface area contributed by atoms with Crippen LogP contribution in [0.2, 0.25) is 0 Å². The van der Waals surface area contributed by atoms with Crippen molar-refractivity contribution in [2.45, 2.75) is 11.8 Å². The molecule has 7 nitrogen and oxygen atoms in total. The number of phenolic OH excluding ortho intramolecular Hbond substituents is 1. The lowest BCUT2D eigenvalue weighted by Gasteiger charge is -2.33. The van der Waals surface area contributed by atoms with Crippen molar-refractivity contribution in [2.75, 3.05) is 31.1 Å². The highest BCUT2D eigenvalue weighted by Crippen LogP contribution is 2.28. The Hall–Kier alpha value is -2.58. The zero-order valence-electron chi connectivity index (χ0n) is 14.3. The number of nitrogens with zero attached hydrogens (tertiary/aromatic N) is 3. The van der Waals surface area contributed by atoms with Gasteiger partial charge in [0.2, 0.25) is 10.0 Å². The molecule has 2 aromatic carbocycles. The van der Waals surface area contributed by atoms with E-state index < -0.39 is 10.0 Å². The molecule has 26 heavy (non-hydrogen) atoms. The van der Waals surface area contributed by atoms with Gasteiger partial charge in [0.05, 0.1) is 0 Å². The number of aromatic hydroxyl groups is 1. The Labute approximate surface area is 151 Å². The van der Waals surface area contributed by atoms with Crippen LogP contribution in [-0.4, -0.2) is 49.0 Å². The molecule has 8 heteroatoms. The maximum Gasteiger partial charge on any atom is 0.298 e. The lowest BCUT2D eigenvalue weighted by molar-refractivity contribution is 0.370. The van der Waals surface area contributed by atoms with E-state index in [4.69, 9.17) is 4.42 Å². The van der Waals surface area contributed by atoms with Gasteiger partial charge in [0, 0.05) is 26.2 Å². The number of phenols is 1. The van der Waals surface area contributed by atoms with Gasteiger partial charge in [-0.05, 0) is 36.8 Å². The standard InChI is InChI=1S/C18H19N3O4S/c1-13-6-7-15(22)17(12-13)26(23,24)21-10-8-20(9-11-21)18-19-14-4-2-3-5-16(14)25-18/h2-7,12,22H,8-11H2,1H3. The molecule has 1 aliphatic rings. The molecule has 3 aromatic rings. The zero-order valence-corrected chi connectivity index (χ0v) is 15.1. The number of sulfonamides is 1. The number of piperazine rings is 1. The van der Waals surface area contributed by atoms with Crippen molar-refractivity contribution in [3.05, 3.63) is 48.0 Å². The van der Waals surface area contributed by atoms with Crippen molar-refractivity contribution in [1.82, 2.24) is 9.29 Å². The van der Waals surface area contributed by atoms with Gasteiger partial charge < -0.3 is 14.4 Å². The van der Waals surface area contributed by atoms with Gasteiger partial charge in [-0.15, -0.1) is 0 Å². The van der Waals surface area contributed by atoms with Crippen LogP contribution in [-0.2, 0) is 10.0 Å². The number of benzene rings is 2. The third-order valence-corrected chi connectivity index (χ3v) is 6.45. The number of aryl methyl sites for hydroxylation is 1. The van der Waals surface area contributed by atoms with Gasteiger partial charge >= 0.3 is 0 Å². The summed E-state index contributed by atoms with van der Waals surface area (Å²) in [7, 11) is -3.74. The fraction of sp³-hybridized carbons (Fsp3) is 0.278. The number of anilines is 1. The van der Waals surface area contributed by atoms with Gasteiger partial charge in [-0.2, -0.15) is 9.29 Å². The van der Waals surface area contributed by atoms with Crippen LogP contribution in [0.3, 0.4) is 0 Å². The maximum absolute atomic E-state index is 12.9. The molecule has 0 saturated carbocycles. The second-order valence-corrected chi connectivity index (χ2v) is 8.23. The van der Waals surface area contributed by atoms with E-state index in [1.165, 1.54) is 16.4 Å². The van der Waals surface area contributed by atoms with Gasteiger partial charge in [-0.3, -0.25) is 0 Å². The minimum absolute atomic E-state index is 0.0483. The Morgan fingerprint density at radius 1 is 1.08 bits per heavy atom. The lowest BCUT2D eigenvalue weighted by atomic mass is 10.2. The monoisotopic (exact) mass is 373 g/mol. The van der Waals surface area contributed by atoms with E-state index in [2.05, 4.69) is 4.98 Å². The largest absolute Gasteiger partial charge is 0.507 e. The molecule has 0 unspecified atom stereocenters. The summed E-state index contributed by atoms with van der Waals surface area (Å²) in [5.41, 5.74) is 2.27. The number of hydrogen-bond donors (Lipinski definition) is 1. The number of fused-ring (bicyclic) bond motifs is 1. The van der Waals surface area contributed by atoms with Gasteiger partial charge in [-0.1, -0.05) is 18.2 Å². The third kappa shape index (κ3) is 2.91. The first-order chi connectivity index (χ1) is 12.4. The van der Waals surface area contributed by atoms with Gasteiger partial charge in [-0.25, -0.2) is 8.42 Å². The van der Waals surface area contributed by atoms with E-state index in [0.29, 0.717) is 37.8 Å². The first-order valence-electron chi connectivity index (χ1n) is 8.35. The van der Waals surface area contributed by atoms with E-state index in [9.17, 15) is 13.5 Å². The minimum Gasteiger partial charge on any atom is -0.507 e. The second kappa shape index (κ2) is 6.30. The van der Waals surface area contributed by atoms with Crippen LogP contribution < -0.4 is 4.90 Å². The summed E-state index contributed by atoms with van der Waals surface area (Å²) in [6.07, 6.45) is 0. The van der Waals surface area contributed by atoms with Gasteiger partial charge in [0.1, 0.15) is 16.2 Å². The molecular formula is C18H19N3O4S. The molecule has 0 atom stereocenters. The molecular weight excluding hydrogens is 354 g/mol. The van der Waals surface area contributed by atoms with Crippen LogP contribution in [0.15, 0.2) is 51.8 Å². The van der Waals surface area contributed by atoms with Crippen molar-refractivity contribution in [3.8, 4) is 5.75 Å². The normalized spacial score (nSPS) is 16.3. The quantitative estimate of drug-likeness (QED) is 0.758. The van der Waals surface area contributed by atoms with E-state index in [-0.39, 0.29) is 10.6 Å². The number of aromatic nitrogens is 1. The molecule has 1 saturated heterocycles. The van der Waals surface area contributed by atoms with Gasteiger partial charge in [0.15, 0.2) is 5.58 Å². The summed E-state index contributed by atoms with van der Waals surface area (Å²) in [6, 6.07) is 12.6. The van der Waals surface area contributed by atoms with Crippen molar-refractivity contribution in [1.29, 1.82) is 0 Å². The Bertz CT molecular complexity index is 1020. The molecule has 0 aliphatic carbocycles. The fourth-order valence-corrected chi connectivity index (χ4v) is 4.67. The summed E-state index contributed by atoms with van der Waals surface area (Å²) in [4.78, 5) is 6.34. The molecule has 2 heterocycles. The first-order valence-corrected chi connectivity index (χ1v) is 9.79. The van der Waals surface area contributed by atoms with Crippen LogP contribution in [0.5, 0.6) is 5.75 Å². The number of oxazole rings is 1. The molecule has 4 rings (SSSR count). The average Bonchev–Trinajstić information content (AvgIpc) is 3.08. The molecule has 0 bridgehead atoms. The molecule has 1 N–H and O–H groups in total. The predicted octanol–water partition coefficient (Wildman–Crippen LogP) is 2.35. The number of hydrogen-bond acceptors (Lipinski definition) is 6. The predicted molar refractivity (Wildman–Crippen MR) is 97.8 cm³/mol. The molecule has 1 fully saturated rings. The van der Waals surface area contributed by atoms with E-state index in [1.807, 2.05) is 29.2 Å². The van der Waals surface area contributed by atoms with Crippen LogP contribution in [0.25, 0.3) is 11.1 Å². The minimum atomic E-state index is -3.74. The smallest absolute Gasteiger partial charge is 0.298 e. The molecule has 0 radical (unpaired) electrons. The maximum atomic E-state index is 12.9. The van der Waals surface area contributed by atoms with Crippen molar-refractivity contribution < 1.29 is 17.9 Å². The molecule has 1 aromatic heterocycles. The molecule has 1 aliphatic heterocycles. The Balaban J connectivity index is 1.53. The molecule has 136 valence electrons. The van der Waals surface area contributed by atoms with E-state index in [1.54, 1.807) is 13.0 Å². The van der Waals surface area contributed by atoms with E-state index >= 15 is 0 Å². The lowest BCUT2D eigenvalue weighted by Crippen LogP contribution is -2.48. The summed E-state index contributed by atoms with van der Waals surface area (Å²) in [5.74, 6) is -0.225. The third-order valence-electron chi connectivity index (χ3n) is 4.52. The highest BCUT2D eigenvalue weighted by atomic mass is 32.2. The zero-order chi connectivity index (χ0) is 18.3. The summed E-state index contributed by atoms with van der Waals surface area (Å²) >= 11 is 0. The molecule has 0 spiro atoms. The summed E-state index contributed by atoms with van der Waals surface area (Å²) in [5, 5.41) is 9.97.